The molecule has 2 aromatic rings. The minimum atomic E-state index is -1.40. The third-order valence-electron chi connectivity index (χ3n) is 4.27. The molecule has 0 amide bonds. The second-order valence-electron chi connectivity index (χ2n) is 7.87. The number of nitrogens with zero attached hydrogens (tertiary/aromatic N) is 3. The molecular formula is C18H24N4O2. The van der Waals surface area contributed by atoms with Gasteiger partial charge in [-0.25, -0.2) is 4.79 Å². The Morgan fingerprint density at radius 2 is 1.92 bits per heavy atom. The molecule has 1 saturated carbocycles. The van der Waals surface area contributed by atoms with Gasteiger partial charge in [0.05, 0.1) is 12.2 Å². The Labute approximate surface area is 141 Å². The van der Waals surface area contributed by atoms with Crippen LogP contribution < -0.4 is 5.73 Å². The van der Waals surface area contributed by atoms with Crippen molar-refractivity contribution in [3.05, 3.63) is 36.0 Å². The number of carboxylic acids is 1. The van der Waals surface area contributed by atoms with Gasteiger partial charge >= 0.3 is 5.97 Å². The van der Waals surface area contributed by atoms with Crippen molar-refractivity contribution < 1.29 is 9.90 Å². The summed E-state index contributed by atoms with van der Waals surface area (Å²) in [6.07, 6.45) is 4.37. The predicted octanol–water partition coefficient (Wildman–Crippen LogP) is 2.95. The quantitative estimate of drug-likeness (QED) is 0.880. The first-order chi connectivity index (χ1) is 11.2. The van der Waals surface area contributed by atoms with Crippen LogP contribution >= 0.6 is 0 Å². The Hall–Kier alpha value is -2.21. The fourth-order valence-corrected chi connectivity index (χ4v) is 2.97. The average Bonchev–Trinajstić information content (AvgIpc) is 3.23. The normalized spacial score (nSPS) is 17.5. The Morgan fingerprint density at radius 1 is 1.29 bits per heavy atom. The van der Waals surface area contributed by atoms with Crippen LogP contribution in [0, 0.1) is 5.41 Å². The van der Waals surface area contributed by atoms with E-state index >= 15 is 0 Å². The van der Waals surface area contributed by atoms with E-state index in [9.17, 15) is 9.90 Å². The summed E-state index contributed by atoms with van der Waals surface area (Å²) >= 11 is 0. The molecule has 3 rings (SSSR count). The molecule has 6 heteroatoms. The molecule has 1 aromatic carbocycles. The lowest BCUT2D eigenvalue weighted by molar-refractivity contribution is -0.145. The number of hydrogen-bond donors (Lipinski definition) is 2. The summed E-state index contributed by atoms with van der Waals surface area (Å²) in [5.74, 6) is -1.01. The molecule has 0 radical (unpaired) electrons. The first-order valence-electron chi connectivity index (χ1n) is 8.24. The first-order valence-corrected chi connectivity index (χ1v) is 8.24. The van der Waals surface area contributed by atoms with E-state index in [2.05, 4.69) is 10.2 Å². The van der Waals surface area contributed by atoms with Gasteiger partial charge in [0.1, 0.15) is 11.2 Å². The van der Waals surface area contributed by atoms with Crippen molar-refractivity contribution in [1.29, 1.82) is 0 Å². The maximum atomic E-state index is 11.8. The van der Waals surface area contributed by atoms with E-state index in [4.69, 9.17) is 5.73 Å². The molecular weight excluding hydrogens is 304 g/mol. The Bertz CT molecular complexity index is 741. The Balaban J connectivity index is 1.87. The molecule has 24 heavy (non-hydrogen) atoms. The molecule has 1 aliphatic carbocycles. The molecule has 0 aliphatic heterocycles. The third kappa shape index (κ3) is 3.33. The number of benzene rings is 1. The summed E-state index contributed by atoms with van der Waals surface area (Å²) in [4.78, 5) is 13.5. The molecule has 6 nitrogen and oxygen atoms in total. The smallest absolute Gasteiger partial charge is 0.328 e. The molecule has 1 atom stereocenters. The monoisotopic (exact) mass is 328 g/mol. The van der Waals surface area contributed by atoms with Crippen molar-refractivity contribution in [1.82, 2.24) is 15.0 Å². The zero-order valence-electron chi connectivity index (χ0n) is 14.4. The zero-order chi connectivity index (χ0) is 17.5. The number of carbonyl (C=O) groups is 1. The lowest BCUT2D eigenvalue weighted by Crippen LogP contribution is -2.47. The van der Waals surface area contributed by atoms with Gasteiger partial charge < -0.3 is 10.8 Å². The van der Waals surface area contributed by atoms with E-state index in [1.165, 1.54) is 0 Å². The van der Waals surface area contributed by atoms with Crippen LogP contribution in [0.5, 0.6) is 0 Å². The van der Waals surface area contributed by atoms with Gasteiger partial charge in [-0.3, -0.25) is 0 Å². The van der Waals surface area contributed by atoms with Gasteiger partial charge in [0.2, 0.25) is 0 Å². The molecule has 0 spiro atoms. The molecule has 0 unspecified atom stereocenters. The van der Waals surface area contributed by atoms with Gasteiger partial charge in [-0.1, -0.05) is 45.0 Å². The van der Waals surface area contributed by atoms with Crippen molar-refractivity contribution in [2.45, 2.75) is 51.6 Å². The molecule has 0 saturated heterocycles. The van der Waals surface area contributed by atoms with Gasteiger partial charge in [-0.05, 0) is 30.2 Å². The van der Waals surface area contributed by atoms with E-state index < -0.39 is 11.5 Å². The topological polar surface area (TPSA) is 94.0 Å². The predicted molar refractivity (Wildman–Crippen MR) is 91.3 cm³/mol. The molecule has 1 fully saturated rings. The van der Waals surface area contributed by atoms with Crippen LogP contribution in [-0.2, 0) is 10.3 Å². The standard InChI is InChI=1S/C18H24N4O2/c1-17(2,3)11-18(19,16(23)24)13-6-4-12(5-7-13)15-10-20-22(21-15)14-8-9-14/h4-7,10,14H,8-9,11,19H2,1-3H3,(H,23,24)/t18-/m1/s1. The highest BCUT2D eigenvalue weighted by Gasteiger charge is 2.39. The maximum Gasteiger partial charge on any atom is 0.328 e. The van der Waals surface area contributed by atoms with Crippen LogP contribution in [0.3, 0.4) is 0 Å². The summed E-state index contributed by atoms with van der Waals surface area (Å²) in [5, 5.41) is 18.4. The second-order valence-corrected chi connectivity index (χ2v) is 7.87. The van der Waals surface area contributed by atoms with Gasteiger partial charge in [-0.2, -0.15) is 15.0 Å². The van der Waals surface area contributed by atoms with Crippen LogP contribution in [-0.4, -0.2) is 26.1 Å². The summed E-state index contributed by atoms with van der Waals surface area (Å²) < 4.78 is 0. The van der Waals surface area contributed by atoms with Gasteiger partial charge in [0.15, 0.2) is 0 Å². The highest BCUT2D eigenvalue weighted by molar-refractivity contribution is 5.81. The van der Waals surface area contributed by atoms with Crippen molar-refractivity contribution in [2.24, 2.45) is 11.1 Å². The number of aliphatic carboxylic acids is 1. The van der Waals surface area contributed by atoms with Crippen molar-refractivity contribution in [3.8, 4) is 11.3 Å². The Kier molecular flexibility index (Phi) is 3.95. The zero-order valence-corrected chi connectivity index (χ0v) is 14.4. The van der Waals surface area contributed by atoms with E-state index in [-0.39, 0.29) is 5.41 Å². The molecule has 1 heterocycles. The van der Waals surface area contributed by atoms with Crippen LogP contribution in [0.1, 0.15) is 51.6 Å². The average molecular weight is 328 g/mol. The first kappa shape index (κ1) is 16.6. The number of hydrogen-bond acceptors (Lipinski definition) is 4. The number of carboxylic acid groups (broad SMARTS) is 1. The maximum absolute atomic E-state index is 11.8. The van der Waals surface area contributed by atoms with Gasteiger partial charge in [-0.15, -0.1) is 0 Å². The molecule has 1 aromatic heterocycles. The highest BCUT2D eigenvalue weighted by Crippen LogP contribution is 2.35. The van der Waals surface area contributed by atoms with E-state index in [0.29, 0.717) is 18.0 Å². The Morgan fingerprint density at radius 3 is 2.42 bits per heavy atom. The van der Waals surface area contributed by atoms with E-state index in [1.807, 2.05) is 32.9 Å². The SMILES string of the molecule is CC(C)(C)C[C@](N)(C(=O)O)c1ccc(-c2cnn(C3CC3)n2)cc1. The lowest BCUT2D eigenvalue weighted by Gasteiger charge is -2.32. The molecule has 3 N–H and O–H groups in total. The molecule has 0 bridgehead atoms. The van der Waals surface area contributed by atoms with E-state index in [1.54, 1.807) is 23.1 Å². The minimum Gasteiger partial charge on any atom is -0.480 e. The molecule has 128 valence electrons. The summed E-state index contributed by atoms with van der Waals surface area (Å²) in [6.45, 7) is 5.96. The summed E-state index contributed by atoms with van der Waals surface area (Å²) in [5.41, 5.74) is 6.97. The van der Waals surface area contributed by atoms with Crippen molar-refractivity contribution in [3.63, 3.8) is 0 Å². The summed E-state index contributed by atoms with van der Waals surface area (Å²) in [6, 6.07) is 7.73. The lowest BCUT2D eigenvalue weighted by atomic mass is 9.76. The van der Waals surface area contributed by atoms with Crippen molar-refractivity contribution in [2.75, 3.05) is 0 Å². The van der Waals surface area contributed by atoms with Crippen LogP contribution in [0.2, 0.25) is 0 Å². The van der Waals surface area contributed by atoms with Crippen LogP contribution in [0.15, 0.2) is 30.5 Å². The van der Waals surface area contributed by atoms with Crippen LogP contribution in [0.25, 0.3) is 11.3 Å². The van der Waals surface area contributed by atoms with E-state index in [0.717, 1.165) is 24.1 Å². The second kappa shape index (κ2) is 5.70. The van der Waals surface area contributed by atoms with Crippen molar-refractivity contribution >= 4 is 5.97 Å². The summed E-state index contributed by atoms with van der Waals surface area (Å²) in [7, 11) is 0. The third-order valence-corrected chi connectivity index (χ3v) is 4.27. The fraction of sp³-hybridized carbons (Fsp3) is 0.500. The van der Waals surface area contributed by atoms with Crippen LogP contribution in [0.4, 0.5) is 0 Å². The van der Waals surface area contributed by atoms with Gasteiger partial charge in [0.25, 0.3) is 0 Å². The highest BCUT2D eigenvalue weighted by atomic mass is 16.4. The van der Waals surface area contributed by atoms with Gasteiger partial charge in [0, 0.05) is 5.56 Å². The molecule has 1 aliphatic rings. The number of aromatic nitrogens is 3. The minimum absolute atomic E-state index is 0.196. The number of rotatable bonds is 5. The largest absolute Gasteiger partial charge is 0.480 e. The fourth-order valence-electron chi connectivity index (χ4n) is 2.97. The number of nitrogens with two attached hydrogens (primary N) is 1.